The average molecular weight is 464 g/mol. The highest BCUT2D eigenvalue weighted by molar-refractivity contribution is 5.94. The molecule has 0 aliphatic carbocycles. The molecule has 0 spiro atoms. The van der Waals surface area contributed by atoms with Crippen molar-refractivity contribution in [1.29, 1.82) is 0 Å². The number of ether oxygens (including phenoxy) is 1. The Balaban J connectivity index is 1.33. The molecule has 1 aliphatic rings. The SMILES string of the molecule is COc1cccc(CN2CCN(C(=O)c3ccc(Cn4nc(C)c([N+](=O)[O-])c4C)cc3)CC2)c1. The number of amides is 1. The lowest BCUT2D eigenvalue weighted by Crippen LogP contribution is -2.48. The van der Waals surface area contributed by atoms with Crippen LogP contribution in [0.3, 0.4) is 0 Å². The van der Waals surface area contributed by atoms with Gasteiger partial charge in [-0.2, -0.15) is 5.10 Å². The molecule has 2 heterocycles. The molecule has 1 saturated heterocycles. The molecule has 1 amide bonds. The number of piperazine rings is 1. The van der Waals surface area contributed by atoms with Gasteiger partial charge in [0.15, 0.2) is 0 Å². The van der Waals surface area contributed by atoms with Crippen molar-refractivity contribution in [2.24, 2.45) is 0 Å². The molecule has 0 bridgehead atoms. The van der Waals surface area contributed by atoms with Crippen molar-refractivity contribution in [3.63, 3.8) is 0 Å². The number of hydrogen-bond acceptors (Lipinski definition) is 6. The molecule has 4 rings (SSSR count). The largest absolute Gasteiger partial charge is 0.497 e. The predicted octanol–water partition coefficient (Wildman–Crippen LogP) is 3.42. The van der Waals surface area contributed by atoms with Gasteiger partial charge in [-0.05, 0) is 49.2 Å². The maximum absolute atomic E-state index is 13.0. The molecular weight excluding hydrogens is 434 g/mol. The fourth-order valence-corrected chi connectivity index (χ4v) is 4.35. The number of hydrogen-bond donors (Lipinski definition) is 0. The van der Waals surface area contributed by atoms with Crippen LogP contribution in [0.2, 0.25) is 0 Å². The van der Waals surface area contributed by atoms with E-state index < -0.39 is 4.92 Å². The zero-order chi connectivity index (χ0) is 24.2. The number of aryl methyl sites for hydroxylation is 1. The highest BCUT2D eigenvalue weighted by Gasteiger charge is 2.23. The van der Waals surface area contributed by atoms with E-state index in [1.54, 1.807) is 25.6 Å². The Bertz CT molecular complexity index is 1180. The summed E-state index contributed by atoms with van der Waals surface area (Å²) in [6.07, 6.45) is 0. The topological polar surface area (TPSA) is 93.7 Å². The Morgan fingerprint density at radius 2 is 1.74 bits per heavy atom. The monoisotopic (exact) mass is 463 g/mol. The summed E-state index contributed by atoms with van der Waals surface area (Å²) in [7, 11) is 1.67. The summed E-state index contributed by atoms with van der Waals surface area (Å²) in [6.45, 7) is 7.58. The van der Waals surface area contributed by atoms with E-state index in [0.717, 1.165) is 30.9 Å². The number of aromatic nitrogens is 2. The van der Waals surface area contributed by atoms with Crippen LogP contribution < -0.4 is 4.74 Å². The number of rotatable bonds is 7. The molecule has 0 atom stereocenters. The summed E-state index contributed by atoms with van der Waals surface area (Å²) in [4.78, 5) is 28.0. The molecule has 0 saturated carbocycles. The van der Waals surface area contributed by atoms with Crippen molar-refractivity contribution in [1.82, 2.24) is 19.6 Å². The number of carbonyl (C=O) groups is 1. The maximum atomic E-state index is 13.0. The first kappa shape index (κ1) is 23.4. The third kappa shape index (κ3) is 5.09. The highest BCUT2D eigenvalue weighted by atomic mass is 16.6. The maximum Gasteiger partial charge on any atom is 0.312 e. The van der Waals surface area contributed by atoms with Crippen molar-refractivity contribution < 1.29 is 14.5 Å². The molecular formula is C25H29N5O4. The lowest BCUT2D eigenvalue weighted by atomic mass is 10.1. The molecule has 9 heteroatoms. The van der Waals surface area contributed by atoms with Gasteiger partial charge in [-0.15, -0.1) is 0 Å². The Morgan fingerprint density at radius 3 is 2.35 bits per heavy atom. The van der Waals surface area contributed by atoms with Gasteiger partial charge in [0.2, 0.25) is 0 Å². The average Bonchev–Trinajstić information content (AvgIpc) is 3.12. The van der Waals surface area contributed by atoms with E-state index in [2.05, 4.69) is 16.1 Å². The highest BCUT2D eigenvalue weighted by Crippen LogP contribution is 2.23. The van der Waals surface area contributed by atoms with E-state index in [9.17, 15) is 14.9 Å². The van der Waals surface area contributed by atoms with Crippen LogP contribution in [-0.2, 0) is 13.1 Å². The standard InChI is InChI=1S/C25H29N5O4/c1-18-24(30(32)33)19(2)29(26-18)17-20-7-9-22(10-8-20)25(31)28-13-11-27(12-14-28)16-21-5-4-6-23(15-21)34-3/h4-10,15H,11-14,16-17H2,1-3H3. The molecule has 0 unspecified atom stereocenters. The second kappa shape index (κ2) is 10.0. The third-order valence-corrected chi connectivity index (χ3v) is 6.26. The van der Waals surface area contributed by atoms with Crippen molar-refractivity contribution >= 4 is 11.6 Å². The van der Waals surface area contributed by atoms with Gasteiger partial charge in [-0.1, -0.05) is 24.3 Å². The van der Waals surface area contributed by atoms with E-state index in [1.165, 1.54) is 5.56 Å². The summed E-state index contributed by atoms with van der Waals surface area (Å²) in [5, 5.41) is 15.5. The summed E-state index contributed by atoms with van der Waals surface area (Å²) in [6, 6.07) is 15.5. The number of benzene rings is 2. The molecule has 9 nitrogen and oxygen atoms in total. The van der Waals surface area contributed by atoms with Gasteiger partial charge >= 0.3 is 5.69 Å². The van der Waals surface area contributed by atoms with Crippen LogP contribution in [0, 0.1) is 24.0 Å². The van der Waals surface area contributed by atoms with Crippen molar-refractivity contribution in [3.8, 4) is 5.75 Å². The minimum absolute atomic E-state index is 0.0225. The van der Waals surface area contributed by atoms with E-state index in [0.29, 0.717) is 36.6 Å². The van der Waals surface area contributed by atoms with E-state index in [4.69, 9.17) is 4.74 Å². The Labute approximate surface area is 198 Å². The lowest BCUT2D eigenvalue weighted by molar-refractivity contribution is -0.386. The van der Waals surface area contributed by atoms with Gasteiger partial charge in [0, 0.05) is 38.3 Å². The number of nitro groups is 1. The number of methoxy groups -OCH3 is 1. The van der Waals surface area contributed by atoms with Crippen LogP contribution in [0.4, 0.5) is 5.69 Å². The summed E-state index contributed by atoms with van der Waals surface area (Å²) in [5.41, 5.74) is 3.75. The van der Waals surface area contributed by atoms with Gasteiger partial charge in [0.05, 0.1) is 18.6 Å². The molecule has 1 fully saturated rings. The van der Waals surface area contributed by atoms with Crippen LogP contribution in [-0.4, -0.2) is 63.7 Å². The lowest BCUT2D eigenvalue weighted by Gasteiger charge is -2.34. The first-order chi connectivity index (χ1) is 16.4. The van der Waals surface area contributed by atoms with Crippen LogP contribution in [0.15, 0.2) is 48.5 Å². The van der Waals surface area contributed by atoms with E-state index >= 15 is 0 Å². The van der Waals surface area contributed by atoms with Gasteiger partial charge in [0.25, 0.3) is 5.91 Å². The third-order valence-electron chi connectivity index (χ3n) is 6.26. The van der Waals surface area contributed by atoms with Crippen LogP contribution >= 0.6 is 0 Å². The molecule has 1 aliphatic heterocycles. The van der Waals surface area contributed by atoms with Crippen molar-refractivity contribution in [2.75, 3.05) is 33.3 Å². The minimum atomic E-state index is -0.396. The Hall–Kier alpha value is -3.72. The molecule has 1 aromatic heterocycles. The Morgan fingerprint density at radius 1 is 1.03 bits per heavy atom. The van der Waals surface area contributed by atoms with E-state index in [-0.39, 0.29) is 11.6 Å². The van der Waals surface area contributed by atoms with Gasteiger partial charge in [-0.3, -0.25) is 24.5 Å². The first-order valence-electron chi connectivity index (χ1n) is 11.3. The quantitative estimate of drug-likeness (QED) is 0.394. The van der Waals surface area contributed by atoms with Crippen LogP contribution in [0.5, 0.6) is 5.75 Å². The second-order valence-electron chi connectivity index (χ2n) is 8.55. The minimum Gasteiger partial charge on any atom is -0.497 e. The molecule has 0 radical (unpaired) electrons. The summed E-state index contributed by atoms with van der Waals surface area (Å²) < 4.78 is 6.93. The number of nitrogens with zero attached hydrogens (tertiary/aromatic N) is 5. The van der Waals surface area contributed by atoms with Crippen molar-refractivity contribution in [3.05, 3.63) is 86.7 Å². The predicted molar refractivity (Wildman–Crippen MR) is 128 cm³/mol. The Kier molecular flexibility index (Phi) is 6.93. The van der Waals surface area contributed by atoms with Gasteiger partial charge in [-0.25, -0.2) is 0 Å². The molecule has 0 N–H and O–H groups in total. The zero-order valence-electron chi connectivity index (χ0n) is 19.7. The fourth-order valence-electron chi connectivity index (χ4n) is 4.35. The van der Waals surface area contributed by atoms with Crippen LogP contribution in [0.25, 0.3) is 0 Å². The molecule has 2 aromatic carbocycles. The van der Waals surface area contributed by atoms with Gasteiger partial charge in [0.1, 0.15) is 17.1 Å². The van der Waals surface area contributed by atoms with Crippen LogP contribution in [0.1, 0.15) is 32.9 Å². The number of carbonyl (C=O) groups excluding carboxylic acids is 1. The van der Waals surface area contributed by atoms with Crippen molar-refractivity contribution in [2.45, 2.75) is 26.9 Å². The normalized spacial score (nSPS) is 14.3. The second-order valence-corrected chi connectivity index (χ2v) is 8.55. The first-order valence-corrected chi connectivity index (χ1v) is 11.3. The van der Waals surface area contributed by atoms with Gasteiger partial charge < -0.3 is 9.64 Å². The van der Waals surface area contributed by atoms with E-state index in [1.807, 2.05) is 47.4 Å². The molecule has 3 aromatic rings. The summed E-state index contributed by atoms with van der Waals surface area (Å²) in [5.74, 6) is 0.875. The zero-order valence-corrected chi connectivity index (χ0v) is 19.7. The molecule has 34 heavy (non-hydrogen) atoms. The summed E-state index contributed by atoms with van der Waals surface area (Å²) >= 11 is 0. The molecule has 178 valence electrons. The smallest absolute Gasteiger partial charge is 0.312 e. The fraction of sp³-hybridized carbons (Fsp3) is 0.360.